The molecule has 7 nitrogen and oxygen atoms in total. The number of barbiturate groups is 1. The number of hydrogen-bond donors (Lipinski definition) is 2. The average molecular weight is 393 g/mol. The van der Waals surface area contributed by atoms with Crippen LogP contribution < -0.4 is 15.1 Å². The van der Waals surface area contributed by atoms with Gasteiger partial charge < -0.3 is 10.0 Å². The van der Waals surface area contributed by atoms with Crippen LogP contribution in [-0.4, -0.2) is 36.0 Å². The zero-order valence-corrected chi connectivity index (χ0v) is 16.6. The van der Waals surface area contributed by atoms with Gasteiger partial charge in [-0.1, -0.05) is 12.1 Å². The lowest BCUT2D eigenvalue weighted by atomic mass is 10.0. The molecule has 2 aromatic carbocycles. The molecule has 1 aliphatic heterocycles. The molecule has 7 heteroatoms. The molecular weight excluding hydrogens is 370 g/mol. The number of rotatable bonds is 5. The Labute approximate surface area is 169 Å². The first-order chi connectivity index (χ1) is 13.8. The Kier molecular flexibility index (Phi) is 5.68. The van der Waals surface area contributed by atoms with Crippen LogP contribution in [0.4, 0.5) is 16.2 Å². The lowest BCUT2D eigenvalue weighted by molar-refractivity contribution is -0.122. The molecule has 0 saturated carbocycles. The predicted octanol–water partition coefficient (Wildman–Crippen LogP) is 3.21. The van der Waals surface area contributed by atoms with E-state index in [2.05, 4.69) is 10.2 Å². The van der Waals surface area contributed by atoms with Crippen LogP contribution in [0.1, 0.15) is 25.0 Å². The van der Waals surface area contributed by atoms with Gasteiger partial charge in [-0.25, -0.2) is 9.69 Å². The summed E-state index contributed by atoms with van der Waals surface area (Å²) in [6.07, 6.45) is 1.30. The Morgan fingerprint density at radius 1 is 1.07 bits per heavy atom. The number of aryl methyl sites for hydroxylation is 1. The number of hydrogen-bond acceptors (Lipinski definition) is 5. The van der Waals surface area contributed by atoms with Gasteiger partial charge in [-0.3, -0.25) is 14.9 Å². The molecule has 0 radical (unpaired) electrons. The van der Waals surface area contributed by atoms with Crippen LogP contribution in [0.2, 0.25) is 0 Å². The van der Waals surface area contributed by atoms with E-state index in [1.807, 2.05) is 32.9 Å². The van der Waals surface area contributed by atoms with Crippen molar-refractivity contribution >= 4 is 35.3 Å². The van der Waals surface area contributed by atoms with Crippen LogP contribution in [0.25, 0.3) is 6.08 Å². The second kappa shape index (κ2) is 8.18. The highest BCUT2D eigenvalue weighted by Crippen LogP contribution is 2.28. The fourth-order valence-corrected chi connectivity index (χ4v) is 3.25. The Balaban J connectivity index is 1.98. The molecule has 29 heavy (non-hydrogen) atoms. The van der Waals surface area contributed by atoms with E-state index < -0.39 is 17.8 Å². The Hall–Kier alpha value is -3.61. The lowest BCUT2D eigenvalue weighted by Gasteiger charge is -2.26. The normalized spacial score (nSPS) is 15.6. The number of phenolic OH excluding ortho intramolecular Hbond substituents is 1. The summed E-state index contributed by atoms with van der Waals surface area (Å²) in [5, 5.41) is 12.6. The summed E-state index contributed by atoms with van der Waals surface area (Å²) in [5.41, 5.74) is 2.17. The Morgan fingerprint density at radius 3 is 2.41 bits per heavy atom. The van der Waals surface area contributed by atoms with E-state index in [1.54, 1.807) is 30.3 Å². The van der Waals surface area contributed by atoms with E-state index in [-0.39, 0.29) is 11.3 Å². The zero-order chi connectivity index (χ0) is 21.1. The van der Waals surface area contributed by atoms with Crippen molar-refractivity contribution < 1.29 is 19.5 Å². The van der Waals surface area contributed by atoms with Crippen LogP contribution in [0.3, 0.4) is 0 Å². The summed E-state index contributed by atoms with van der Waals surface area (Å²) in [6, 6.07) is 11.1. The summed E-state index contributed by atoms with van der Waals surface area (Å²) in [4.78, 5) is 40.5. The molecular formula is C22H23N3O4. The number of imide groups is 2. The van der Waals surface area contributed by atoms with Gasteiger partial charge in [0.05, 0.1) is 5.69 Å². The van der Waals surface area contributed by atoms with Gasteiger partial charge in [-0.15, -0.1) is 0 Å². The fraction of sp³-hybridized carbons (Fsp3) is 0.227. The van der Waals surface area contributed by atoms with Gasteiger partial charge in [0.15, 0.2) is 0 Å². The molecule has 1 saturated heterocycles. The monoisotopic (exact) mass is 393 g/mol. The molecule has 3 rings (SSSR count). The molecule has 0 aromatic heterocycles. The van der Waals surface area contributed by atoms with Crippen LogP contribution in [0.15, 0.2) is 48.0 Å². The number of phenols is 1. The topological polar surface area (TPSA) is 90.0 Å². The van der Waals surface area contributed by atoms with E-state index in [0.717, 1.165) is 29.2 Å². The number of carbonyl (C=O) groups excluding carboxylic acids is 3. The van der Waals surface area contributed by atoms with Gasteiger partial charge >= 0.3 is 6.03 Å². The van der Waals surface area contributed by atoms with Crippen molar-refractivity contribution in [1.82, 2.24) is 5.32 Å². The fourth-order valence-electron chi connectivity index (χ4n) is 3.25. The number of urea groups is 1. The molecule has 2 N–H and O–H groups in total. The third-order valence-corrected chi connectivity index (χ3v) is 4.80. The maximum absolute atomic E-state index is 12.9. The summed E-state index contributed by atoms with van der Waals surface area (Å²) in [7, 11) is 0. The number of nitrogens with zero attached hydrogens (tertiary/aromatic N) is 2. The van der Waals surface area contributed by atoms with Crippen LogP contribution >= 0.6 is 0 Å². The van der Waals surface area contributed by atoms with Crippen molar-refractivity contribution in [2.75, 3.05) is 22.9 Å². The van der Waals surface area contributed by atoms with Crippen molar-refractivity contribution in [3.63, 3.8) is 0 Å². The number of anilines is 2. The minimum Gasteiger partial charge on any atom is -0.507 e. The van der Waals surface area contributed by atoms with Crippen LogP contribution in [-0.2, 0) is 9.59 Å². The maximum Gasteiger partial charge on any atom is 0.335 e. The first-order valence-electron chi connectivity index (χ1n) is 9.41. The van der Waals surface area contributed by atoms with Gasteiger partial charge in [0.2, 0.25) is 0 Å². The van der Waals surface area contributed by atoms with Crippen molar-refractivity contribution in [2.24, 2.45) is 0 Å². The summed E-state index contributed by atoms with van der Waals surface area (Å²) in [5.74, 6) is -1.59. The molecule has 1 fully saturated rings. The van der Waals surface area contributed by atoms with Gasteiger partial charge in [0, 0.05) is 30.4 Å². The minimum atomic E-state index is -0.802. The molecule has 1 heterocycles. The molecule has 4 amide bonds. The standard InChI is InChI=1S/C22H23N3O4/c1-4-24(5-2)16-10-9-15(19(26)13-16)12-18-20(27)23-22(29)25(21(18)28)17-8-6-7-14(3)11-17/h6-13,26H,4-5H2,1-3H3,(H,23,27,29)/b18-12-. The molecule has 0 bridgehead atoms. The van der Waals surface area contributed by atoms with Crippen molar-refractivity contribution in [3.8, 4) is 5.75 Å². The van der Waals surface area contributed by atoms with E-state index >= 15 is 0 Å². The molecule has 0 atom stereocenters. The Morgan fingerprint density at radius 2 is 1.79 bits per heavy atom. The smallest absolute Gasteiger partial charge is 0.335 e. The first-order valence-corrected chi connectivity index (χ1v) is 9.41. The third-order valence-electron chi connectivity index (χ3n) is 4.80. The maximum atomic E-state index is 12.9. The van der Waals surface area contributed by atoms with Crippen molar-refractivity contribution in [3.05, 3.63) is 59.2 Å². The first kappa shape index (κ1) is 20.1. The van der Waals surface area contributed by atoms with Crippen molar-refractivity contribution in [2.45, 2.75) is 20.8 Å². The minimum absolute atomic E-state index is 0.0542. The van der Waals surface area contributed by atoms with Crippen LogP contribution in [0.5, 0.6) is 5.75 Å². The highest BCUT2D eigenvalue weighted by molar-refractivity contribution is 6.39. The highest BCUT2D eigenvalue weighted by Gasteiger charge is 2.37. The lowest BCUT2D eigenvalue weighted by Crippen LogP contribution is -2.54. The molecule has 0 aliphatic carbocycles. The van der Waals surface area contributed by atoms with E-state index in [9.17, 15) is 19.5 Å². The van der Waals surface area contributed by atoms with E-state index in [1.165, 1.54) is 6.08 Å². The predicted molar refractivity (Wildman–Crippen MR) is 112 cm³/mol. The van der Waals surface area contributed by atoms with E-state index in [4.69, 9.17) is 0 Å². The second-order valence-corrected chi connectivity index (χ2v) is 6.71. The highest BCUT2D eigenvalue weighted by atomic mass is 16.3. The summed E-state index contributed by atoms with van der Waals surface area (Å²) in [6.45, 7) is 7.43. The summed E-state index contributed by atoms with van der Waals surface area (Å²) >= 11 is 0. The van der Waals surface area contributed by atoms with Crippen LogP contribution in [0, 0.1) is 6.92 Å². The van der Waals surface area contributed by atoms with Crippen molar-refractivity contribution in [1.29, 1.82) is 0 Å². The number of carbonyl (C=O) groups is 3. The number of benzene rings is 2. The quantitative estimate of drug-likeness (QED) is 0.601. The zero-order valence-electron chi connectivity index (χ0n) is 16.6. The summed E-state index contributed by atoms with van der Waals surface area (Å²) < 4.78 is 0. The number of amides is 4. The molecule has 150 valence electrons. The second-order valence-electron chi connectivity index (χ2n) is 6.71. The van der Waals surface area contributed by atoms with E-state index in [0.29, 0.717) is 11.3 Å². The van der Waals surface area contributed by atoms with Gasteiger partial charge in [0.25, 0.3) is 11.8 Å². The third kappa shape index (κ3) is 3.99. The number of aromatic hydroxyl groups is 1. The van der Waals surface area contributed by atoms with Gasteiger partial charge in [-0.05, 0) is 56.7 Å². The SMILES string of the molecule is CCN(CC)c1ccc(/C=C2/C(=O)NC(=O)N(c3cccc(C)c3)C2=O)c(O)c1. The molecule has 1 aliphatic rings. The molecule has 0 spiro atoms. The molecule has 0 unspecified atom stereocenters. The average Bonchev–Trinajstić information content (AvgIpc) is 2.67. The Bertz CT molecular complexity index is 1010. The molecule has 2 aromatic rings. The number of nitrogens with one attached hydrogen (secondary N) is 1. The van der Waals surface area contributed by atoms with Gasteiger partial charge in [-0.2, -0.15) is 0 Å². The largest absolute Gasteiger partial charge is 0.507 e. The van der Waals surface area contributed by atoms with Gasteiger partial charge in [0.1, 0.15) is 11.3 Å².